The maximum atomic E-state index is 7.35. The fourth-order valence-electron chi connectivity index (χ4n) is 9.47. The Balaban J connectivity index is 0.000000167. The third-order valence-corrected chi connectivity index (χ3v) is 18.5. The first-order valence-corrected chi connectivity index (χ1v) is 26.5. The van der Waals surface area contributed by atoms with Gasteiger partial charge >= 0.3 is 44.8 Å². The normalized spacial score (nSPS) is 10.5. The van der Waals surface area contributed by atoms with Gasteiger partial charge in [-0.05, 0) is 104 Å². The second-order valence-corrected chi connectivity index (χ2v) is 21.9. The minimum Gasteiger partial charge on any atom is -0.366 e. The molecule has 12 aromatic rings. The molecule has 0 atom stereocenters. The molecule has 0 N–H and O–H groups in total. The van der Waals surface area contributed by atoms with Crippen LogP contribution >= 0.6 is 15.8 Å². The molecule has 0 bridgehead atoms. The Morgan fingerprint density at radius 2 is 0.556 bits per heavy atom. The first kappa shape index (κ1) is 51.5. The molecule has 12 aromatic carbocycles. The van der Waals surface area contributed by atoms with Crippen LogP contribution in [0.4, 0.5) is 0 Å². The quantitative estimate of drug-likeness (QED) is 0.0491. The summed E-state index contributed by atoms with van der Waals surface area (Å²) in [5.41, 5.74) is 4.25. The second-order valence-electron chi connectivity index (χ2n) is 17.0. The van der Waals surface area contributed by atoms with Gasteiger partial charge in [0, 0.05) is 0 Å². The smallest absolute Gasteiger partial charge is 0.366 e. The molecular weight excluding hydrogens is 1090 g/mol. The van der Waals surface area contributed by atoms with Crippen LogP contribution in [0.2, 0.25) is 0 Å². The van der Waals surface area contributed by atoms with E-state index >= 15 is 0 Å². The summed E-state index contributed by atoms with van der Waals surface area (Å²) in [6, 6.07) is 99.4. The van der Waals surface area contributed by atoms with Crippen molar-refractivity contribution < 1.29 is 44.8 Å². The van der Waals surface area contributed by atoms with E-state index in [2.05, 4.69) is 218 Å². The Morgan fingerprint density at radius 1 is 0.250 bits per heavy atom. The topological polar surface area (TPSA) is 0 Å². The molecule has 0 nitrogen and oxygen atoms in total. The summed E-state index contributed by atoms with van der Waals surface area (Å²) < 4.78 is 0. The van der Waals surface area contributed by atoms with E-state index in [0.717, 1.165) is 32.7 Å². The van der Waals surface area contributed by atoms with E-state index in [9.17, 15) is 0 Å². The van der Waals surface area contributed by atoms with Gasteiger partial charge in [-0.25, -0.2) is 0 Å². The molecule has 0 amide bonds. The van der Waals surface area contributed by atoms with Crippen molar-refractivity contribution >= 4 is 90.8 Å². The van der Waals surface area contributed by atoms with Gasteiger partial charge in [0.2, 0.25) is 0 Å². The van der Waals surface area contributed by atoms with Crippen molar-refractivity contribution in [3.63, 3.8) is 0 Å². The minimum atomic E-state index is -1.27. The van der Waals surface area contributed by atoms with E-state index in [-0.39, 0.29) is 44.8 Å². The molecule has 0 fully saturated rings. The Hall–Kier alpha value is -6.86. The second kappa shape index (κ2) is 25.0. The van der Waals surface area contributed by atoms with Crippen LogP contribution in [-0.4, -0.2) is 0 Å². The molecule has 4 heteroatoms. The van der Waals surface area contributed by atoms with Crippen molar-refractivity contribution in [2.75, 3.05) is 0 Å². The average molecular weight is 1140 g/mol. The molecular formula is C68H48Ag2P2+2. The Bertz CT molecular complexity index is 3580. The van der Waals surface area contributed by atoms with E-state index < -0.39 is 15.8 Å². The number of fused-ring (bicyclic) bond motifs is 6. The van der Waals surface area contributed by atoms with Gasteiger partial charge in [-0.2, -0.15) is 0 Å². The molecule has 0 saturated carbocycles. The van der Waals surface area contributed by atoms with E-state index in [4.69, 9.17) is 12.8 Å². The molecule has 0 heterocycles. The van der Waals surface area contributed by atoms with Crippen LogP contribution < -0.4 is 31.8 Å². The number of hydrogen-bond acceptors (Lipinski definition) is 0. The summed E-state index contributed by atoms with van der Waals surface area (Å²) >= 11 is 0. The van der Waals surface area contributed by atoms with Crippen LogP contribution in [0, 0.1) is 24.7 Å². The zero-order chi connectivity index (χ0) is 47.5. The van der Waals surface area contributed by atoms with Crippen LogP contribution in [0.3, 0.4) is 0 Å². The van der Waals surface area contributed by atoms with Crippen LogP contribution in [-0.2, 0) is 44.8 Å². The average Bonchev–Trinajstić information content (AvgIpc) is 3.45. The van der Waals surface area contributed by atoms with Gasteiger partial charge in [-0.3, -0.25) is 11.8 Å². The predicted octanol–water partition coefficient (Wildman–Crippen LogP) is 14.2. The summed E-state index contributed by atoms with van der Waals surface area (Å²) in [5, 5.41) is 18.0. The summed E-state index contributed by atoms with van der Waals surface area (Å²) in [7, 11) is -2.51. The Labute approximate surface area is 457 Å². The molecule has 0 aliphatic heterocycles. The van der Waals surface area contributed by atoms with E-state index in [1.54, 1.807) is 0 Å². The predicted molar refractivity (Wildman–Crippen MR) is 307 cm³/mol. The first-order valence-electron chi connectivity index (χ1n) is 23.5. The van der Waals surface area contributed by atoms with Crippen LogP contribution in [0.1, 0.15) is 11.1 Å². The van der Waals surface area contributed by atoms with Gasteiger partial charge in [0.05, 0.1) is 0 Å². The van der Waals surface area contributed by atoms with Crippen molar-refractivity contribution in [3.05, 3.63) is 303 Å². The fraction of sp³-hybridized carbons (Fsp3) is 0. The molecule has 0 aliphatic rings. The zero-order valence-corrected chi connectivity index (χ0v) is 44.1. The van der Waals surface area contributed by atoms with Crippen LogP contribution in [0.25, 0.3) is 54.2 Å². The maximum Gasteiger partial charge on any atom is 1.00 e. The van der Waals surface area contributed by atoms with E-state index in [0.29, 0.717) is 0 Å². The molecule has 0 aromatic heterocycles. The summed E-state index contributed by atoms with van der Waals surface area (Å²) in [6.45, 7) is 0. The molecule has 12 rings (SSSR count). The summed E-state index contributed by atoms with van der Waals surface area (Å²) in [5.74, 6) is 5.02. The monoisotopic (exact) mass is 1140 g/mol. The molecule has 0 aliphatic carbocycles. The number of benzene rings is 12. The standard InChI is InChI=1S/C36H28P2.2C16H9.2Ag/c1-6-16-29(17-7-1)30-26-27-35(37(31-18-8-2-9-19-31)32-20-10-3-11-21-32)36(28-30)38(33-22-12-4-13-23-33)34-24-14-5-15-25-34;2*1-2-12-11-13-7-3-4-9-15(13)16-10-6-5-8-14(12)16;;/h1-28H;2*3-11H;;/q;2*-1;2*+1/p+2. The first-order chi connectivity index (χ1) is 34.7. The van der Waals surface area contributed by atoms with Crippen molar-refractivity contribution in [2.45, 2.75) is 0 Å². The van der Waals surface area contributed by atoms with Gasteiger partial charge in [0.15, 0.2) is 0 Å². The Morgan fingerprint density at radius 3 is 0.931 bits per heavy atom. The maximum absolute atomic E-state index is 7.35. The molecule has 0 unspecified atom stereocenters. The van der Waals surface area contributed by atoms with Gasteiger partial charge in [0.25, 0.3) is 0 Å². The summed E-state index contributed by atoms with van der Waals surface area (Å²) in [4.78, 5) is 0. The number of hydrogen-bond donors (Lipinski definition) is 0. The van der Waals surface area contributed by atoms with Crippen molar-refractivity contribution in [2.24, 2.45) is 0 Å². The van der Waals surface area contributed by atoms with Gasteiger partial charge in [-0.15, -0.1) is 23.3 Å². The van der Waals surface area contributed by atoms with E-state index in [1.807, 2.05) is 72.8 Å². The van der Waals surface area contributed by atoms with Crippen molar-refractivity contribution in [1.82, 2.24) is 0 Å². The van der Waals surface area contributed by atoms with Gasteiger partial charge < -0.3 is 12.8 Å². The third kappa shape index (κ3) is 11.4. The largest absolute Gasteiger partial charge is 1.00 e. The fourth-order valence-corrected chi connectivity index (χ4v) is 15.5. The third-order valence-electron chi connectivity index (χ3n) is 12.7. The van der Waals surface area contributed by atoms with Crippen LogP contribution in [0.5, 0.6) is 0 Å². The molecule has 0 saturated heterocycles. The van der Waals surface area contributed by atoms with Crippen molar-refractivity contribution in [3.8, 4) is 23.0 Å². The van der Waals surface area contributed by atoms with Crippen LogP contribution in [0.15, 0.2) is 279 Å². The summed E-state index contributed by atoms with van der Waals surface area (Å²) in [6.07, 6.45) is 14.7. The molecule has 350 valence electrons. The Kier molecular flexibility index (Phi) is 17.9. The molecule has 0 radical (unpaired) electrons. The molecule has 72 heavy (non-hydrogen) atoms. The zero-order valence-electron chi connectivity index (χ0n) is 39.2. The molecule has 0 spiro atoms. The number of rotatable bonds is 7. The minimum absolute atomic E-state index is 0. The van der Waals surface area contributed by atoms with Gasteiger partial charge in [0.1, 0.15) is 47.7 Å². The van der Waals surface area contributed by atoms with E-state index in [1.165, 1.54) is 64.5 Å². The SMILES string of the molecule is [Ag+].[Ag+].[C-]#Cc1cc2ccccc2c2ccccc12.[C-]#Cc1cc2ccccc2c2ccccc12.c1ccc(-c2ccc([PH+](c3ccccc3)c3ccccc3)c([PH+](c3ccccc3)c3ccccc3)c2)cc1. The van der Waals surface area contributed by atoms with Gasteiger partial charge in [-0.1, -0.05) is 217 Å². The van der Waals surface area contributed by atoms with Crippen molar-refractivity contribution in [1.29, 1.82) is 0 Å².